The van der Waals surface area contributed by atoms with E-state index in [4.69, 9.17) is 0 Å². The molecule has 1 aliphatic heterocycles. The highest BCUT2D eigenvalue weighted by Crippen LogP contribution is 2.26. The molecule has 1 N–H and O–H groups in total. The summed E-state index contributed by atoms with van der Waals surface area (Å²) < 4.78 is 15.2. The highest BCUT2D eigenvalue weighted by atomic mass is 19.1. The fourth-order valence-electron chi connectivity index (χ4n) is 2.09. The molecule has 0 spiro atoms. The van der Waals surface area contributed by atoms with E-state index in [1.165, 1.54) is 6.07 Å². The van der Waals surface area contributed by atoms with Crippen LogP contribution in [-0.2, 0) is 6.54 Å². The zero-order chi connectivity index (χ0) is 11.8. The quantitative estimate of drug-likeness (QED) is 0.818. The number of nitrogens with zero attached hydrogens (tertiary/aromatic N) is 3. The Kier molecular flexibility index (Phi) is 2.40. The number of rotatable bonds is 1. The van der Waals surface area contributed by atoms with E-state index in [0.29, 0.717) is 23.6 Å². The first-order chi connectivity index (χ1) is 8.25. The molecule has 2 aromatic rings. The number of aromatic nitrogens is 3. The van der Waals surface area contributed by atoms with Crippen molar-refractivity contribution in [3.05, 3.63) is 35.9 Å². The molecule has 1 aromatic heterocycles. The molecule has 17 heavy (non-hydrogen) atoms. The average Bonchev–Trinajstić information content (AvgIpc) is 2.75. The molecule has 0 radical (unpaired) electrons. The zero-order valence-electron chi connectivity index (χ0n) is 9.17. The molecule has 0 bridgehead atoms. The Labute approximate surface area is 97.7 Å². The molecular weight excluding hydrogens is 221 g/mol. The molecule has 1 aromatic carbocycles. The van der Waals surface area contributed by atoms with Crippen LogP contribution >= 0.6 is 0 Å². The van der Waals surface area contributed by atoms with Gasteiger partial charge in [-0.3, -0.25) is 0 Å². The van der Waals surface area contributed by atoms with Gasteiger partial charge in [0.05, 0.1) is 5.56 Å². The van der Waals surface area contributed by atoms with Gasteiger partial charge in [0.1, 0.15) is 11.9 Å². The molecule has 1 unspecified atom stereocenters. The zero-order valence-corrected chi connectivity index (χ0v) is 9.17. The molecule has 5 heteroatoms. The number of aryl methyl sites for hydroxylation is 1. The summed E-state index contributed by atoms with van der Waals surface area (Å²) in [7, 11) is 0. The third kappa shape index (κ3) is 1.72. The minimum Gasteiger partial charge on any atom is -0.385 e. The van der Waals surface area contributed by atoms with Gasteiger partial charge >= 0.3 is 0 Å². The minimum absolute atomic E-state index is 0.343. The Balaban J connectivity index is 2.08. The molecule has 0 amide bonds. The second kappa shape index (κ2) is 3.92. The van der Waals surface area contributed by atoms with E-state index in [0.717, 1.165) is 13.0 Å². The highest BCUT2D eigenvalue weighted by Gasteiger charge is 2.23. The van der Waals surface area contributed by atoms with Crippen LogP contribution in [0.2, 0.25) is 0 Å². The van der Waals surface area contributed by atoms with Crippen molar-refractivity contribution >= 4 is 0 Å². The number of aliphatic hydroxyl groups excluding tert-OH is 1. The summed E-state index contributed by atoms with van der Waals surface area (Å²) in [5.41, 5.74) is 0.376. The van der Waals surface area contributed by atoms with Crippen LogP contribution in [-0.4, -0.2) is 19.9 Å². The number of hydrogen-bond acceptors (Lipinski definition) is 3. The van der Waals surface area contributed by atoms with Crippen LogP contribution in [0.1, 0.15) is 24.8 Å². The molecular formula is C12H12FN3O. The van der Waals surface area contributed by atoms with Gasteiger partial charge in [0, 0.05) is 6.54 Å². The van der Waals surface area contributed by atoms with Crippen molar-refractivity contribution in [2.75, 3.05) is 0 Å². The fraction of sp³-hybridized carbons (Fsp3) is 0.333. The van der Waals surface area contributed by atoms with Crippen LogP contribution in [0.4, 0.5) is 4.39 Å². The first kappa shape index (κ1) is 10.4. The highest BCUT2D eigenvalue weighted by molar-refractivity contribution is 5.55. The Morgan fingerprint density at radius 3 is 2.94 bits per heavy atom. The summed E-state index contributed by atoms with van der Waals surface area (Å²) in [6.07, 6.45) is 0.973. The maximum Gasteiger partial charge on any atom is 0.184 e. The maximum absolute atomic E-state index is 13.6. The van der Waals surface area contributed by atoms with Crippen molar-refractivity contribution in [2.24, 2.45) is 0 Å². The fourth-order valence-corrected chi connectivity index (χ4v) is 2.09. The summed E-state index contributed by atoms with van der Waals surface area (Å²) in [4.78, 5) is 4.22. The summed E-state index contributed by atoms with van der Waals surface area (Å²) in [5.74, 6) is 0.540. The second-order valence-corrected chi connectivity index (χ2v) is 4.15. The predicted molar refractivity (Wildman–Crippen MR) is 59.6 cm³/mol. The topological polar surface area (TPSA) is 50.9 Å². The molecule has 0 aliphatic carbocycles. The third-order valence-corrected chi connectivity index (χ3v) is 2.96. The van der Waals surface area contributed by atoms with Gasteiger partial charge in [0.15, 0.2) is 11.6 Å². The van der Waals surface area contributed by atoms with E-state index in [1.807, 2.05) is 0 Å². The third-order valence-electron chi connectivity index (χ3n) is 2.96. The molecule has 1 atom stereocenters. The van der Waals surface area contributed by atoms with E-state index < -0.39 is 6.10 Å². The van der Waals surface area contributed by atoms with Crippen LogP contribution in [0.5, 0.6) is 0 Å². The molecule has 4 nitrogen and oxygen atoms in total. The monoisotopic (exact) mass is 233 g/mol. The molecule has 1 aliphatic rings. The summed E-state index contributed by atoms with van der Waals surface area (Å²) in [5, 5.41) is 14.0. The van der Waals surface area contributed by atoms with E-state index in [9.17, 15) is 9.50 Å². The Hall–Kier alpha value is -1.75. The largest absolute Gasteiger partial charge is 0.385 e. The average molecular weight is 233 g/mol. The van der Waals surface area contributed by atoms with Gasteiger partial charge in [0.2, 0.25) is 0 Å². The number of aliphatic hydroxyl groups is 1. The summed E-state index contributed by atoms with van der Waals surface area (Å²) in [6.45, 7) is 0.730. The van der Waals surface area contributed by atoms with Gasteiger partial charge in [-0.2, -0.15) is 5.10 Å². The van der Waals surface area contributed by atoms with Gasteiger partial charge in [-0.05, 0) is 25.0 Å². The van der Waals surface area contributed by atoms with Gasteiger partial charge in [-0.25, -0.2) is 14.1 Å². The van der Waals surface area contributed by atoms with Crippen LogP contribution < -0.4 is 0 Å². The Morgan fingerprint density at radius 1 is 1.35 bits per heavy atom. The minimum atomic E-state index is -0.586. The van der Waals surface area contributed by atoms with E-state index in [2.05, 4.69) is 10.1 Å². The predicted octanol–water partition coefficient (Wildman–Crippen LogP) is 1.91. The standard InChI is InChI=1S/C12H12FN3O/c13-9-5-2-1-4-8(9)11-14-12-10(17)6-3-7-16(12)15-11/h1-2,4-5,10,17H,3,6-7H2. The number of hydrogen-bond donors (Lipinski definition) is 1. The Morgan fingerprint density at radius 2 is 2.18 bits per heavy atom. The number of fused-ring (bicyclic) bond motifs is 1. The molecule has 88 valence electrons. The van der Waals surface area contributed by atoms with Crippen molar-refractivity contribution in [3.8, 4) is 11.4 Å². The van der Waals surface area contributed by atoms with E-state index >= 15 is 0 Å². The van der Waals surface area contributed by atoms with Crippen LogP contribution in [0.25, 0.3) is 11.4 Å². The van der Waals surface area contributed by atoms with Crippen molar-refractivity contribution in [3.63, 3.8) is 0 Å². The van der Waals surface area contributed by atoms with Gasteiger partial charge in [-0.15, -0.1) is 0 Å². The van der Waals surface area contributed by atoms with Crippen LogP contribution in [0.15, 0.2) is 24.3 Å². The molecule has 0 saturated heterocycles. The SMILES string of the molecule is OC1CCCn2nc(-c3ccccc3F)nc21. The molecule has 2 heterocycles. The lowest BCUT2D eigenvalue weighted by Crippen LogP contribution is -2.16. The van der Waals surface area contributed by atoms with Crippen molar-refractivity contribution < 1.29 is 9.50 Å². The van der Waals surface area contributed by atoms with E-state index in [-0.39, 0.29) is 5.82 Å². The first-order valence-corrected chi connectivity index (χ1v) is 5.63. The lowest BCUT2D eigenvalue weighted by atomic mass is 10.1. The summed E-state index contributed by atoms with van der Waals surface area (Å²) in [6, 6.07) is 6.40. The Bertz CT molecular complexity index is 552. The summed E-state index contributed by atoms with van der Waals surface area (Å²) >= 11 is 0. The lowest BCUT2D eigenvalue weighted by Gasteiger charge is -2.16. The number of halogens is 1. The number of benzene rings is 1. The van der Waals surface area contributed by atoms with Crippen LogP contribution in [0.3, 0.4) is 0 Å². The maximum atomic E-state index is 13.6. The van der Waals surface area contributed by atoms with Gasteiger partial charge < -0.3 is 5.11 Å². The first-order valence-electron chi connectivity index (χ1n) is 5.63. The second-order valence-electron chi connectivity index (χ2n) is 4.15. The molecule has 3 rings (SSSR count). The smallest absolute Gasteiger partial charge is 0.184 e. The molecule has 0 fully saturated rings. The van der Waals surface area contributed by atoms with Crippen molar-refractivity contribution in [1.29, 1.82) is 0 Å². The van der Waals surface area contributed by atoms with Crippen molar-refractivity contribution in [1.82, 2.24) is 14.8 Å². The van der Waals surface area contributed by atoms with Gasteiger partial charge in [-0.1, -0.05) is 12.1 Å². The van der Waals surface area contributed by atoms with E-state index in [1.54, 1.807) is 22.9 Å². The van der Waals surface area contributed by atoms with Crippen LogP contribution in [0, 0.1) is 5.82 Å². The van der Waals surface area contributed by atoms with Crippen molar-refractivity contribution in [2.45, 2.75) is 25.5 Å². The normalized spacial score (nSPS) is 19.1. The lowest BCUT2D eigenvalue weighted by molar-refractivity contribution is 0.130. The van der Waals surface area contributed by atoms with Gasteiger partial charge in [0.25, 0.3) is 0 Å². The molecule has 0 saturated carbocycles.